The molecule has 0 aliphatic rings. The molecule has 1 aromatic heterocycles. The minimum absolute atomic E-state index is 0.170. The average molecular weight is 303 g/mol. The van der Waals surface area contributed by atoms with Gasteiger partial charge in [-0.1, -0.05) is 0 Å². The number of ether oxygens (including phenoxy) is 1. The summed E-state index contributed by atoms with van der Waals surface area (Å²) in [5, 5.41) is 0. The first kappa shape index (κ1) is 16.0. The molecule has 0 saturated carbocycles. The largest absolute Gasteiger partial charge is 0.497 e. The lowest BCUT2D eigenvalue weighted by molar-refractivity contribution is -0.119. The van der Waals surface area contributed by atoms with Crippen LogP contribution in [0, 0.1) is 0 Å². The quantitative estimate of drug-likeness (QED) is 0.846. The summed E-state index contributed by atoms with van der Waals surface area (Å²) in [6.45, 7) is 4.61. The van der Waals surface area contributed by atoms with Crippen LogP contribution < -0.4 is 10.5 Å². The predicted octanol–water partition coefficient (Wildman–Crippen LogP) is 2.05. The molecular formula is C16H21N3O3. The Balaban J connectivity index is 2.11. The Morgan fingerprint density at radius 2 is 2.05 bits per heavy atom. The van der Waals surface area contributed by atoms with Gasteiger partial charge in [0.05, 0.1) is 26.4 Å². The van der Waals surface area contributed by atoms with Crippen molar-refractivity contribution in [2.45, 2.75) is 26.4 Å². The highest BCUT2D eigenvalue weighted by Crippen LogP contribution is 2.23. The fraction of sp³-hybridized carbons (Fsp3) is 0.375. The molecule has 0 bridgehead atoms. The molecule has 0 spiro atoms. The Hall–Kier alpha value is -2.34. The summed E-state index contributed by atoms with van der Waals surface area (Å²) in [6, 6.07) is 7.72. The summed E-state index contributed by atoms with van der Waals surface area (Å²) in [7, 11) is 1.63. The van der Waals surface area contributed by atoms with Crippen molar-refractivity contribution >= 4 is 5.91 Å². The van der Waals surface area contributed by atoms with E-state index in [2.05, 4.69) is 4.98 Å². The monoisotopic (exact) mass is 303 g/mol. The molecule has 0 aliphatic carbocycles. The zero-order valence-electron chi connectivity index (χ0n) is 13.1. The minimum Gasteiger partial charge on any atom is -0.497 e. The molecule has 2 aromatic rings. The zero-order valence-corrected chi connectivity index (χ0v) is 13.1. The summed E-state index contributed by atoms with van der Waals surface area (Å²) in [4.78, 5) is 17.3. The molecular weight excluding hydrogens is 282 g/mol. The number of nitrogens with two attached hydrogens (primary N) is 1. The number of oxazole rings is 1. The number of hydrogen-bond acceptors (Lipinski definition) is 5. The number of aromatic nitrogens is 1. The van der Waals surface area contributed by atoms with Gasteiger partial charge in [-0.2, -0.15) is 0 Å². The van der Waals surface area contributed by atoms with Crippen molar-refractivity contribution in [3.8, 4) is 17.1 Å². The van der Waals surface area contributed by atoms with Gasteiger partial charge in [0.1, 0.15) is 5.75 Å². The van der Waals surface area contributed by atoms with E-state index in [1.807, 2.05) is 43.0 Å². The van der Waals surface area contributed by atoms with Gasteiger partial charge in [-0.3, -0.25) is 9.69 Å². The van der Waals surface area contributed by atoms with E-state index < -0.39 is 0 Å². The third-order valence-electron chi connectivity index (χ3n) is 3.36. The first-order valence-corrected chi connectivity index (χ1v) is 7.11. The molecule has 6 heteroatoms. The second kappa shape index (κ2) is 7.09. The number of amides is 1. The van der Waals surface area contributed by atoms with Crippen LogP contribution >= 0.6 is 0 Å². The van der Waals surface area contributed by atoms with Crippen molar-refractivity contribution in [3.05, 3.63) is 36.4 Å². The lowest BCUT2D eigenvalue weighted by Gasteiger charge is -2.23. The first-order chi connectivity index (χ1) is 10.5. The highest BCUT2D eigenvalue weighted by atomic mass is 16.5. The SMILES string of the molecule is COc1ccc(-c2cnc(CN(CC(N)=O)C(C)C)o2)cc1. The van der Waals surface area contributed by atoms with Crippen molar-refractivity contribution in [2.24, 2.45) is 5.73 Å². The van der Waals surface area contributed by atoms with E-state index in [0.29, 0.717) is 18.2 Å². The van der Waals surface area contributed by atoms with Crippen LogP contribution in [-0.2, 0) is 11.3 Å². The Morgan fingerprint density at radius 3 is 2.59 bits per heavy atom. The van der Waals surface area contributed by atoms with Gasteiger partial charge >= 0.3 is 0 Å². The minimum atomic E-state index is -0.365. The van der Waals surface area contributed by atoms with Gasteiger partial charge in [0, 0.05) is 11.6 Å². The van der Waals surface area contributed by atoms with Crippen molar-refractivity contribution in [2.75, 3.05) is 13.7 Å². The van der Waals surface area contributed by atoms with Gasteiger partial charge < -0.3 is 14.9 Å². The van der Waals surface area contributed by atoms with Gasteiger partial charge in [0.2, 0.25) is 11.8 Å². The lowest BCUT2D eigenvalue weighted by atomic mass is 10.2. The normalized spacial score (nSPS) is 11.1. The third kappa shape index (κ3) is 4.08. The average Bonchev–Trinajstić information content (AvgIpc) is 2.94. The molecule has 0 radical (unpaired) electrons. The Kier molecular flexibility index (Phi) is 5.16. The maximum Gasteiger partial charge on any atom is 0.231 e. The number of methoxy groups -OCH3 is 1. The molecule has 118 valence electrons. The van der Waals surface area contributed by atoms with E-state index in [-0.39, 0.29) is 18.5 Å². The van der Waals surface area contributed by atoms with Crippen molar-refractivity contribution in [1.29, 1.82) is 0 Å². The van der Waals surface area contributed by atoms with E-state index in [4.69, 9.17) is 14.9 Å². The molecule has 0 unspecified atom stereocenters. The topological polar surface area (TPSA) is 81.6 Å². The van der Waals surface area contributed by atoms with E-state index >= 15 is 0 Å². The summed E-state index contributed by atoms with van der Waals surface area (Å²) < 4.78 is 10.9. The number of hydrogen-bond donors (Lipinski definition) is 1. The van der Waals surface area contributed by atoms with Gasteiger partial charge in [-0.25, -0.2) is 4.98 Å². The van der Waals surface area contributed by atoms with E-state index in [0.717, 1.165) is 11.3 Å². The van der Waals surface area contributed by atoms with Crippen molar-refractivity contribution < 1.29 is 13.9 Å². The number of primary amides is 1. The van der Waals surface area contributed by atoms with Crippen LogP contribution in [0.4, 0.5) is 0 Å². The van der Waals surface area contributed by atoms with E-state index in [1.165, 1.54) is 0 Å². The molecule has 0 atom stereocenters. The smallest absolute Gasteiger partial charge is 0.231 e. The highest BCUT2D eigenvalue weighted by Gasteiger charge is 2.16. The maximum absolute atomic E-state index is 11.1. The van der Waals surface area contributed by atoms with Crippen molar-refractivity contribution in [1.82, 2.24) is 9.88 Å². The predicted molar refractivity (Wildman–Crippen MR) is 83.2 cm³/mol. The molecule has 2 rings (SSSR count). The van der Waals surface area contributed by atoms with Gasteiger partial charge in [0.25, 0.3) is 0 Å². The fourth-order valence-corrected chi connectivity index (χ4v) is 2.07. The van der Waals surface area contributed by atoms with E-state index in [9.17, 15) is 4.79 Å². The highest BCUT2D eigenvalue weighted by molar-refractivity contribution is 5.75. The van der Waals surface area contributed by atoms with Crippen LogP contribution in [0.1, 0.15) is 19.7 Å². The Bertz CT molecular complexity index is 620. The summed E-state index contributed by atoms with van der Waals surface area (Å²) in [5.41, 5.74) is 6.19. The number of nitrogens with zero attached hydrogens (tertiary/aromatic N) is 2. The van der Waals surface area contributed by atoms with Crippen LogP contribution in [0.15, 0.2) is 34.9 Å². The number of carbonyl (C=O) groups is 1. The molecule has 0 fully saturated rings. The standard InChI is InChI=1S/C16H21N3O3/c1-11(2)19(9-15(17)20)10-16-18-8-14(22-16)12-4-6-13(21-3)7-5-12/h4-8,11H,9-10H2,1-3H3,(H2,17,20). The number of rotatable bonds is 7. The Morgan fingerprint density at radius 1 is 1.36 bits per heavy atom. The van der Waals surface area contributed by atoms with Gasteiger partial charge in [-0.15, -0.1) is 0 Å². The summed E-state index contributed by atoms with van der Waals surface area (Å²) in [6.07, 6.45) is 1.68. The lowest BCUT2D eigenvalue weighted by Crippen LogP contribution is -2.38. The molecule has 0 saturated heterocycles. The molecule has 0 aliphatic heterocycles. The van der Waals surface area contributed by atoms with Crippen LogP contribution in [0.2, 0.25) is 0 Å². The van der Waals surface area contributed by atoms with Crippen LogP contribution in [-0.4, -0.2) is 35.5 Å². The van der Waals surface area contributed by atoms with Gasteiger partial charge in [0.15, 0.2) is 5.76 Å². The second-order valence-electron chi connectivity index (χ2n) is 5.31. The number of benzene rings is 1. The molecule has 2 N–H and O–H groups in total. The maximum atomic E-state index is 11.1. The molecule has 22 heavy (non-hydrogen) atoms. The van der Waals surface area contributed by atoms with Crippen LogP contribution in [0.25, 0.3) is 11.3 Å². The first-order valence-electron chi connectivity index (χ1n) is 7.11. The van der Waals surface area contributed by atoms with Gasteiger partial charge in [-0.05, 0) is 38.1 Å². The number of carbonyl (C=O) groups excluding carboxylic acids is 1. The van der Waals surface area contributed by atoms with Crippen LogP contribution in [0.5, 0.6) is 5.75 Å². The molecule has 1 heterocycles. The molecule has 1 amide bonds. The van der Waals surface area contributed by atoms with E-state index in [1.54, 1.807) is 13.3 Å². The second-order valence-corrected chi connectivity index (χ2v) is 5.31. The Labute approximate surface area is 129 Å². The molecule has 6 nitrogen and oxygen atoms in total. The third-order valence-corrected chi connectivity index (χ3v) is 3.36. The summed E-state index contributed by atoms with van der Waals surface area (Å²) in [5.74, 6) is 1.66. The van der Waals surface area contributed by atoms with Crippen LogP contribution in [0.3, 0.4) is 0 Å². The summed E-state index contributed by atoms with van der Waals surface area (Å²) >= 11 is 0. The zero-order chi connectivity index (χ0) is 16.1. The fourth-order valence-electron chi connectivity index (χ4n) is 2.07. The molecule has 1 aromatic carbocycles. The van der Waals surface area contributed by atoms with Crippen molar-refractivity contribution in [3.63, 3.8) is 0 Å².